The van der Waals surface area contributed by atoms with Crippen molar-refractivity contribution < 1.29 is 0 Å². The molecule has 120 valence electrons. The minimum Gasteiger partial charge on any atom is -0.329 e. The summed E-state index contributed by atoms with van der Waals surface area (Å²) in [4.78, 5) is 2.68. The standard InChI is InChI=1S/C18H38N2/c1-14(2)11-18(13-19,12-15(3)4)20(6)17-9-7-8-16(5)10-17/h14-17H,7-13,19H2,1-6H3. The van der Waals surface area contributed by atoms with Crippen molar-refractivity contribution in [2.75, 3.05) is 13.6 Å². The van der Waals surface area contributed by atoms with E-state index in [0.29, 0.717) is 11.8 Å². The van der Waals surface area contributed by atoms with Crippen LogP contribution in [0.25, 0.3) is 0 Å². The molecule has 0 radical (unpaired) electrons. The Balaban J connectivity index is 2.88. The van der Waals surface area contributed by atoms with Crippen LogP contribution in [-0.2, 0) is 0 Å². The van der Waals surface area contributed by atoms with Crippen LogP contribution in [0.15, 0.2) is 0 Å². The highest BCUT2D eigenvalue weighted by Gasteiger charge is 2.39. The molecule has 2 heteroatoms. The first kappa shape index (κ1) is 18.0. The van der Waals surface area contributed by atoms with Crippen LogP contribution in [0.5, 0.6) is 0 Å². The molecule has 0 aliphatic heterocycles. The summed E-state index contributed by atoms with van der Waals surface area (Å²) in [6, 6.07) is 0.736. The quantitative estimate of drug-likeness (QED) is 0.755. The van der Waals surface area contributed by atoms with Crippen molar-refractivity contribution in [3.63, 3.8) is 0 Å². The largest absolute Gasteiger partial charge is 0.329 e. The van der Waals surface area contributed by atoms with Gasteiger partial charge in [-0.1, -0.05) is 47.5 Å². The van der Waals surface area contributed by atoms with E-state index in [9.17, 15) is 0 Å². The Labute approximate surface area is 127 Å². The molecule has 0 amide bonds. The molecule has 2 nitrogen and oxygen atoms in total. The molecule has 20 heavy (non-hydrogen) atoms. The van der Waals surface area contributed by atoms with Crippen molar-refractivity contribution in [1.29, 1.82) is 0 Å². The van der Waals surface area contributed by atoms with Crippen LogP contribution in [0, 0.1) is 17.8 Å². The van der Waals surface area contributed by atoms with Crippen molar-refractivity contribution in [3.8, 4) is 0 Å². The summed E-state index contributed by atoms with van der Waals surface area (Å²) in [5.74, 6) is 2.30. The average Bonchev–Trinajstić information content (AvgIpc) is 2.35. The van der Waals surface area contributed by atoms with Gasteiger partial charge >= 0.3 is 0 Å². The molecule has 2 atom stereocenters. The van der Waals surface area contributed by atoms with E-state index < -0.39 is 0 Å². The Kier molecular flexibility index (Phi) is 7.00. The Bertz CT molecular complexity index is 263. The second kappa shape index (κ2) is 7.79. The normalized spacial score (nSPS) is 24.9. The van der Waals surface area contributed by atoms with Gasteiger partial charge < -0.3 is 5.73 Å². The van der Waals surface area contributed by atoms with Crippen LogP contribution < -0.4 is 5.73 Å². The first-order chi connectivity index (χ1) is 9.30. The lowest BCUT2D eigenvalue weighted by Gasteiger charge is -2.49. The number of nitrogens with zero attached hydrogens (tertiary/aromatic N) is 1. The Morgan fingerprint density at radius 2 is 1.65 bits per heavy atom. The van der Waals surface area contributed by atoms with Crippen LogP contribution in [-0.4, -0.2) is 30.1 Å². The summed E-state index contributed by atoms with van der Waals surface area (Å²) >= 11 is 0. The molecular weight excluding hydrogens is 244 g/mol. The maximum atomic E-state index is 6.30. The molecular formula is C18H38N2. The number of hydrogen-bond acceptors (Lipinski definition) is 2. The van der Waals surface area contributed by atoms with E-state index >= 15 is 0 Å². The summed E-state index contributed by atoms with van der Waals surface area (Å²) in [5.41, 5.74) is 6.50. The number of rotatable bonds is 7. The maximum Gasteiger partial charge on any atom is 0.0336 e. The number of hydrogen-bond donors (Lipinski definition) is 1. The van der Waals surface area contributed by atoms with Crippen molar-refractivity contribution >= 4 is 0 Å². The van der Waals surface area contributed by atoms with Crippen LogP contribution in [0.3, 0.4) is 0 Å². The maximum absolute atomic E-state index is 6.30. The molecule has 0 aromatic heterocycles. The highest BCUT2D eigenvalue weighted by atomic mass is 15.2. The fourth-order valence-corrected chi connectivity index (χ4v) is 4.34. The molecule has 0 bridgehead atoms. The van der Waals surface area contributed by atoms with Gasteiger partial charge in [0.1, 0.15) is 0 Å². The van der Waals surface area contributed by atoms with Crippen molar-refractivity contribution in [3.05, 3.63) is 0 Å². The molecule has 2 unspecified atom stereocenters. The van der Waals surface area contributed by atoms with Gasteiger partial charge in [0.2, 0.25) is 0 Å². The van der Waals surface area contributed by atoms with Crippen LogP contribution >= 0.6 is 0 Å². The fourth-order valence-electron chi connectivity index (χ4n) is 4.34. The molecule has 0 aromatic carbocycles. The third kappa shape index (κ3) is 4.73. The minimum atomic E-state index is 0.198. The summed E-state index contributed by atoms with van der Waals surface area (Å²) < 4.78 is 0. The summed E-state index contributed by atoms with van der Waals surface area (Å²) in [6.07, 6.45) is 7.97. The van der Waals surface area contributed by atoms with E-state index in [1.165, 1.54) is 38.5 Å². The zero-order chi connectivity index (χ0) is 15.3. The molecule has 0 aromatic rings. The average molecular weight is 283 g/mol. The van der Waals surface area contributed by atoms with Gasteiger partial charge in [-0.3, -0.25) is 4.90 Å². The van der Waals surface area contributed by atoms with Crippen LogP contribution in [0.1, 0.15) is 73.1 Å². The zero-order valence-corrected chi connectivity index (χ0v) is 14.8. The lowest BCUT2D eigenvalue weighted by molar-refractivity contribution is 0.0179. The molecule has 1 aliphatic rings. The van der Waals surface area contributed by atoms with Crippen molar-refractivity contribution in [2.24, 2.45) is 23.5 Å². The van der Waals surface area contributed by atoms with Crippen molar-refractivity contribution in [2.45, 2.75) is 84.7 Å². The van der Waals surface area contributed by atoms with E-state index in [0.717, 1.165) is 18.5 Å². The third-order valence-corrected chi connectivity index (χ3v) is 5.16. The monoisotopic (exact) mass is 282 g/mol. The molecule has 1 saturated carbocycles. The van der Waals surface area contributed by atoms with Gasteiger partial charge in [-0.15, -0.1) is 0 Å². The molecule has 1 fully saturated rings. The Hall–Kier alpha value is -0.0800. The van der Waals surface area contributed by atoms with Gasteiger partial charge in [-0.25, -0.2) is 0 Å². The summed E-state index contributed by atoms with van der Waals surface area (Å²) in [6.45, 7) is 12.5. The van der Waals surface area contributed by atoms with Crippen molar-refractivity contribution in [1.82, 2.24) is 4.90 Å². The van der Waals surface area contributed by atoms with Gasteiger partial charge in [0.15, 0.2) is 0 Å². The van der Waals surface area contributed by atoms with Gasteiger partial charge in [-0.05, 0) is 50.5 Å². The molecule has 2 N–H and O–H groups in total. The smallest absolute Gasteiger partial charge is 0.0336 e. The van der Waals surface area contributed by atoms with Crippen LogP contribution in [0.4, 0.5) is 0 Å². The minimum absolute atomic E-state index is 0.198. The third-order valence-electron chi connectivity index (χ3n) is 5.16. The van der Waals surface area contributed by atoms with E-state index in [4.69, 9.17) is 5.73 Å². The second-order valence-corrected chi connectivity index (χ2v) is 8.16. The summed E-state index contributed by atoms with van der Waals surface area (Å²) in [7, 11) is 2.35. The predicted octanol–water partition coefficient (Wildman–Crippen LogP) is 4.29. The van der Waals surface area contributed by atoms with Gasteiger partial charge in [0.05, 0.1) is 0 Å². The van der Waals surface area contributed by atoms with Gasteiger partial charge in [0, 0.05) is 18.1 Å². The van der Waals surface area contributed by atoms with E-state index in [-0.39, 0.29) is 5.54 Å². The van der Waals surface area contributed by atoms with E-state index in [1.807, 2.05) is 0 Å². The molecule has 0 saturated heterocycles. The van der Waals surface area contributed by atoms with Crippen LogP contribution in [0.2, 0.25) is 0 Å². The van der Waals surface area contributed by atoms with Gasteiger partial charge in [0.25, 0.3) is 0 Å². The predicted molar refractivity (Wildman–Crippen MR) is 89.9 cm³/mol. The van der Waals surface area contributed by atoms with E-state index in [2.05, 4.69) is 46.6 Å². The number of nitrogens with two attached hydrogens (primary N) is 1. The molecule has 0 heterocycles. The fraction of sp³-hybridized carbons (Fsp3) is 1.00. The van der Waals surface area contributed by atoms with E-state index in [1.54, 1.807) is 0 Å². The zero-order valence-electron chi connectivity index (χ0n) is 14.8. The second-order valence-electron chi connectivity index (χ2n) is 8.16. The topological polar surface area (TPSA) is 29.3 Å². The number of likely N-dealkylation sites (N-methyl/N-ethyl adjacent to an activating group) is 1. The lowest BCUT2D eigenvalue weighted by Crippen LogP contribution is -2.58. The van der Waals surface area contributed by atoms with Gasteiger partial charge in [-0.2, -0.15) is 0 Å². The molecule has 1 rings (SSSR count). The SMILES string of the molecule is CC(C)CC(CN)(CC(C)C)N(C)C1CCCC(C)C1. The Morgan fingerprint density at radius 1 is 1.10 bits per heavy atom. The first-order valence-corrected chi connectivity index (χ1v) is 8.73. The highest BCUT2D eigenvalue weighted by molar-refractivity contribution is 4.96. The molecule has 0 spiro atoms. The Morgan fingerprint density at radius 3 is 2.05 bits per heavy atom. The summed E-state index contributed by atoms with van der Waals surface area (Å²) in [5, 5.41) is 0. The first-order valence-electron chi connectivity index (χ1n) is 8.73. The molecule has 1 aliphatic carbocycles. The highest BCUT2D eigenvalue weighted by Crippen LogP contribution is 2.36. The lowest BCUT2D eigenvalue weighted by atomic mass is 9.77.